The van der Waals surface area contributed by atoms with Crippen LogP contribution in [0.2, 0.25) is 10.3 Å². The maximum absolute atomic E-state index is 6.29. The predicted octanol–water partition coefficient (Wildman–Crippen LogP) is 7.78. The van der Waals surface area contributed by atoms with Crippen LogP contribution >= 0.6 is 23.2 Å². The molecular formula is C27H23Cl2N. The van der Waals surface area contributed by atoms with Crippen LogP contribution in [0.1, 0.15) is 43.7 Å². The van der Waals surface area contributed by atoms with Crippen LogP contribution in [0.3, 0.4) is 0 Å². The van der Waals surface area contributed by atoms with Gasteiger partial charge >= 0.3 is 0 Å². The van der Waals surface area contributed by atoms with E-state index in [1.807, 2.05) is 12.1 Å². The summed E-state index contributed by atoms with van der Waals surface area (Å²) in [6, 6.07) is 19.9. The zero-order valence-corrected chi connectivity index (χ0v) is 18.5. The molecule has 1 heterocycles. The van der Waals surface area contributed by atoms with E-state index in [1.54, 1.807) is 5.56 Å². The Bertz CT molecular complexity index is 1210. The van der Waals surface area contributed by atoms with Crippen molar-refractivity contribution < 1.29 is 0 Å². The lowest BCUT2D eigenvalue weighted by Crippen LogP contribution is -2.50. The van der Waals surface area contributed by atoms with Crippen molar-refractivity contribution in [2.75, 3.05) is 0 Å². The summed E-state index contributed by atoms with van der Waals surface area (Å²) in [4.78, 5) is 4.17. The first kappa shape index (κ1) is 17.8. The molecule has 3 saturated carbocycles. The number of rotatable bonds is 1. The lowest BCUT2D eigenvalue weighted by Gasteiger charge is -2.56. The van der Waals surface area contributed by atoms with Crippen molar-refractivity contribution in [3.63, 3.8) is 0 Å². The molecule has 7 rings (SSSR count). The number of benzene rings is 2. The molecule has 4 aliphatic rings. The first-order valence-corrected chi connectivity index (χ1v) is 11.8. The van der Waals surface area contributed by atoms with Gasteiger partial charge in [-0.25, -0.2) is 4.98 Å². The van der Waals surface area contributed by atoms with Crippen LogP contribution in [0, 0.1) is 23.2 Å². The Morgan fingerprint density at radius 2 is 1.50 bits per heavy atom. The normalized spacial score (nSPS) is 34.6. The Labute approximate surface area is 187 Å². The summed E-state index contributed by atoms with van der Waals surface area (Å²) in [6.45, 7) is 2.57. The van der Waals surface area contributed by atoms with Gasteiger partial charge in [-0.05, 0) is 94.4 Å². The predicted molar refractivity (Wildman–Crippen MR) is 123 cm³/mol. The van der Waals surface area contributed by atoms with E-state index in [4.69, 9.17) is 23.2 Å². The molecule has 150 valence electrons. The maximum atomic E-state index is 6.29. The SMILES string of the molecule is CC12CC3CC1CC2CC31c2ccccc2-c2c(-c3cc(Cl)nc(Cl)c3)cccc21. The summed E-state index contributed by atoms with van der Waals surface area (Å²) in [5.41, 5.74) is 8.92. The Balaban J connectivity index is 1.52. The van der Waals surface area contributed by atoms with Gasteiger partial charge in [0, 0.05) is 5.41 Å². The molecule has 4 aliphatic carbocycles. The zero-order chi connectivity index (χ0) is 20.3. The summed E-state index contributed by atoms with van der Waals surface area (Å²) in [5.74, 6) is 2.53. The molecule has 3 aromatic rings. The van der Waals surface area contributed by atoms with E-state index < -0.39 is 0 Å². The molecular weight excluding hydrogens is 409 g/mol. The molecule has 3 heteroatoms. The quantitative estimate of drug-likeness (QED) is 0.358. The van der Waals surface area contributed by atoms with Crippen LogP contribution < -0.4 is 0 Å². The number of fused-ring (bicyclic) bond motifs is 7. The minimum Gasteiger partial charge on any atom is -0.224 e. The van der Waals surface area contributed by atoms with Gasteiger partial charge in [-0.3, -0.25) is 0 Å². The van der Waals surface area contributed by atoms with Gasteiger partial charge in [-0.1, -0.05) is 72.6 Å². The topological polar surface area (TPSA) is 12.9 Å². The van der Waals surface area contributed by atoms with Gasteiger partial charge < -0.3 is 0 Å². The van der Waals surface area contributed by atoms with Crippen molar-refractivity contribution >= 4 is 23.2 Å². The summed E-state index contributed by atoms with van der Waals surface area (Å²) in [6.07, 6.45) is 5.50. The van der Waals surface area contributed by atoms with Crippen LogP contribution in [-0.2, 0) is 5.41 Å². The smallest absolute Gasteiger partial charge is 0.131 e. The third-order valence-corrected chi connectivity index (χ3v) is 9.64. The van der Waals surface area contributed by atoms with E-state index in [1.165, 1.54) is 47.9 Å². The maximum Gasteiger partial charge on any atom is 0.131 e. The molecule has 0 radical (unpaired) electrons. The molecule has 3 fully saturated rings. The van der Waals surface area contributed by atoms with E-state index in [0.717, 1.165) is 23.3 Å². The number of nitrogens with zero attached hydrogens (tertiary/aromatic N) is 1. The van der Waals surface area contributed by atoms with Crippen molar-refractivity contribution in [2.45, 2.75) is 38.0 Å². The fourth-order valence-corrected chi connectivity index (χ4v) is 8.39. The molecule has 0 saturated heterocycles. The van der Waals surface area contributed by atoms with Gasteiger partial charge in [0.15, 0.2) is 0 Å². The highest BCUT2D eigenvalue weighted by Gasteiger charge is 2.68. The number of hydrogen-bond acceptors (Lipinski definition) is 1. The zero-order valence-electron chi connectivity index (χ0n) is 17.0. The Kier molecular flexibility index (Phi) is 3.38. The van der Waals surface area contributed by atoms with Crippen LogP contribution in [0.25, 0.3) is 22.3 Å². The molecule has 0 aliphatic heterocycles. The Morgan fingerprint density at radius 3 is 2.33 bits per heavy atom. The highest BCUT2D eigenvalue weighted by molar-refractivity contribution is 6.33. The van der Waals surface area contributed by atoms with Crippen molar-refractivity contribution in [1.82, 2.24) is 4.98 Å². The highest BCUT2D eigenvalue weighted by atomic mass is 35.5. The van der Waals surface area contributed by atoms with E-state index >= 15 is 0 Å². The monoisotopic (exact) mass is 431 g/mol. The first-order valence-electron chi connectivity index (χ1n) is 11.1. The van der Waals surface area contributed by atoms with Crippen molar-refractivity contribution in [2.24, 2.45) is 23.2 Å². The summed E-state index contributed by atoms with van der Waals surface area (Å²) < 4.78 is 0. The van der Waals surface area contributed by atoms with E-state index in [-0.39, 0.29) is 5.41 Å². The van der Waals surface area contributed by atoms with Crippen LogP contribution in [0.15, 0.2) is 54.6 Å². The molecule has 1 aromatic heterocycles. The van der Waals surface area contributed by atoms with Crippen molar-refractivity contribution in [3.8, 4) is 22.3 Å². The Morgan fingerprint density at radius 1 is 0.800 bits per heavy atom. The molecule has 5 unspecified atom stereocenters. The third-order valence-electron chi connectivity index (χ3n) is 9.25. The molecule has 1 nitrogen and oxygen atoms in total. The number of aromatic nitrogens is 1. The molecule has 2 aromatic carbocycles. The van der Waals surface area contributed by atoms with Gasteiger partial charge in [0.1, 0.15) is 10.3 Å². The molecule has 30 heavy (non-hydrogen) atoms. The molecule has 0 N–H and O–H groups in total. The highest BCUT2D eigenvalue weighted by Crippen LogP contribution is 2.76. The summed E-state index contributed by atoms with van der Waals surface area (Å²) in [5, 5.41) is 0.891. The van der Waals surface area contributed by atoms with Crippen molar-refractivity contribution in [3.05, 3.63) is 76.0 Å². The lowest BCUT2D eigenvalue weighted by atomic mass is 9.48. The second kappa shape index (κ2) is 5.69. The molecule has 1 spiro atoms. The average molecular weight is 432 g/mol. The minimum atomic E-state index is 0.165. The average Bonchev–Trinajstić information content (AvgIpc) is 3.03. The number of hydrogen-bond donors (Lipinski definition) is 0. The number of pyridine rings is 1. The Hall–Kier alpha value is -1.83. The van der Waals surface area contributed by atoms with E-state index in [0.29, 0.717) is 15.7 Å². The van der Waals surface area contributed by atoms with E-state index in [9.17, 15) is 0 Å². The van der Waals surface area contributed by atoms with Gasteiger partial charge in [-0.2, -0.15) is 0 Å². The fourth-order valence-electron chi connectivity index (χ4n) is 7.93. The van der Waals surface area contributed by atoms with E-state index in [2.05, 4.69) is 54.4 Å². The summed E-state index contributed by atoms with van der Waals surface area (Å²) in [7, 11) is 0. The first-order chi connectivity index (χ1) is 14.5. The standard InChI is InChI=1S/C27H23Cl2N/c1-26-13-18-12-16(26)11-17(26)14-27(18)21-7-3-2-5-20(21)25-19(6-4-8-22(25)27)15-9-23(28)30-24(29)10-15/h2-10,16-18H,11-14H2,1H3. The lowest BCUT2D eigenvalue weighted by molar-refractivity contribution is -0.0407. The van der Waals surface area contributed by atoms with Gasteiger partial charge in [0.05, 0.1) is 0 Å². The van der Waals surface area contributed by atoms with Crippen LogP contribution in [0.4, 0.5) is 0 Å². The number of halogens is 2. The molecule has 0 amide bonds. The van der Waals surface area contributed by atoms with Crippen LogP contribution in [-0.4, -0.2) is 4.98 Å². The van der Waals surface area contributed by atoms with Crippen LogP contribution in [0.5, 0.6) is 0 Å². The van der Waals surface area contributed by atoms with Crippen molar-refractivity contribution in [1.29, 1.82) is 0 Å². The molecule has 2 bridgehead atoms. The fraction of sp³-hybridized carbons (Fsp3) is 0.370. The molecule has 5 atom stereocenters. The van der Waals surface area contributed by atoms with Gasteiger partial charge in [-0.15, -0.1) is 0 Å². The second-order valence-corrected chi connectivity index (χ2v) is 11.0. The summed E-state index contributed by atoms with van der Waals surface area (Å²) >= 11 is 12.6. The van der Waals surface area contributed by atoms with Gasteiger partial charge in [0.25, 0.3) is 0 Å². The minimum absolute atomic E-state index is 0.165. The second-order valence-electron chi connectivity index (χ2n) is 10.2. The van der Waals surface area contributed by atoms with Gasteiger partial charge in [0.2, 0.25) is 0 Å². The largest absolute Gasteiger partial charge is 0.224 e. The third kappa shape index (κ3) is 1.99.